The van der Waals surface area contributed by atoms with E-state index < -0.39 is 10.0 Å². The number of nitrogens with one attached hydrogen (secondary N) is 1. The quantitative estimate of drug-likeness (QED) is 0.521. The van der Waals surface area contributed by atoms with Crippen LogP contribution in [-0.2, 0) is 27.8 Å². The predicted octanol–water partition coefficient (Wildman–Crippen LogP) is 3.31. The molecule has 3 rings (SSSR count). The first-order chi connectivity index (χ1) is 14.4. The van der Waals surface area contributed by atoms with Gasteiger partial charge in [0.15, 0.2) is 0 Å². The molecule has 0 unspecified atom stereocenters. The zero-order chi connectivity index (χ0) is 21.4. The second-order valence-electron chi connectivity index (χ2n) is 6.71. The molecule has 0 bridgehead atoms. The van der Waals surface area contributed by atoms with Gasteiger partial charge in [-0.3, -0.25) is 4.79 Å². The number of thiophene rings is 1. The minimum absolute atomic E-state index is 0.216. The molecule has 2 aromatic carbocycles. The van der Waals surface area contributed by atoms with Crippen LogP contribution in [0.5, 0.6) is 5.75 Å². The Morgan fingerprint density at radius 1 is 1.00 bits per heavy atom. The maximum absolute atomic E-state index is 12.3. The fraction of sp³-hybridized carbons (Fsp3) is 0.227. The van der Waals surface area contributed by atoms with Crippen molar-refractivity contribution in [2.45, 2.75) is 17.2 Å². The number of sulfonamides is 1. The molecule has 1 heterocycles. The van der Waals surface area contributed by atoms with E-state index >= 15 is 0 Å². The van der Waals surface area contributed by atoms with Gasteiger partial charge in [-0.1, -0.05) is 48.5 Å². The van der Waals surface area contributed by atoms with Crippen molar-refractivity contribution in [3.63, 3.8) is 0 Å². The number of hydrogen-bond donors (Lipinski definition) is 1. The number of ether oxygens (including phenoxy) is 1. The summed E-state index contributed by atoms with van der Waals surface area (Å²) in [7, 11) is -2.22. The van der Waals surface area contributed by atoms with Crippen molar-refractivity contribution in [3.05, 3.63) is 83.2 Å². The molecule has 30 heavy (non-hydrogen) atoms. The van der Waals surface area contributed by atoms with Gasteiger partial charge in [0.2, 0.25) is 5.91 Å². The van der Waals surface area contributed by atoms with Crippen molar-refractivity contribution in [2.75, 3.05) is 20.1 Å². The highest BCUT2D eigenvalue weighted by Gasteiger charge is 2.23. The lowest BCUT2D eigenvalue weighted by Crippen LogP contribution is -2.38. The molecule has 0 aliphatic rings. The number of amides is 1. The van der Waals surface area contributed by atoms with Crippen LogP contribution in [0.15, 0.2) is 76.3 Å². The number of nitrogens with zero attached hydrogens (tertiary/aromatic N) is 1. The Morgan fingerprint density at radius 3 is 2.40 bits per heavy atom. The number of carbonyl (C=O) groups is 1. The Bertz CT molecular complexity index is 1030. The van der Waals surface area contributed by atoms with E-state index in [1.807, 2.05) is 54.6 Å². The standard InChI is InChI=1S/C22H24N2O4S2/c1-24(30(26,27)22-8-5-15-29-22)16-21(25)23-14-13-18-9-11-20(12-10-18)28-17-19-6-3-2-4-7-19/h2-12,15H,13-14,16-17H2,1H3,(H,23,25). The van der Waals surface area contributed by atoms with Gasteiger partial charge >= 0.3 is 0 Å². The van der Waals surface area contributed by atoms with Gasteiger partial charge in [0.1, 0.15) is 16.6 Å². The van der Waals surface area contributed by atoms with Crippen LogP contribution in [-0.4, -0.2) is 38.8 Å². The predicted molar refractivity (Wildman–Crippen MR) is 118 cm³/mol. The molecule has 1 aromatic heterocycles. The van der Waals surface area contributed by atoms with E-state index in [4.69, 9.17) is 4.74 Å². The summed E-state index contributed by atoms with van der Waals surface area (Å²) in [5, 5.41) is 4.46. The van der Waals surface area contributed by atoms with E-state index in [2.05, 4.69) is 5.32 Å². The third-order valence-electron chi connectivity index (χ3n) is 4.43. The van der Waals surface area contributed by atoms with Gasteiger partial charge in [0.25, 0.3) is 10.0 Å². The normalized spacial score (nSPS) is 11.4. The average Bonchev–Trinajstić information content (AvgIpc) is 3.30. The molecule has 0 saturated heterocycles. The Morgan fingerprint density at radius 2 is 1.73 bits per heavy atom. The number of carbonyl (C=O) groups excluding carboxylic acids is 1. The largest absolute Gasteiger partial charge is 0.489 e. The zero-order valence-corrected chi connectivity index (χ0v) is 18.3. The van der Waals surface area contributed by atoms with E-state index in [-0.39, 0.29) is 16.7 Å². The van der Waals surface area contributed by atoms with Gasteiger partial charge in [0.05, 0.1) is 6.54 Å². The van der Waals surface area contributed by atoms with E-state index in [0.717, 1.165) is 32.5 Å². The molecule has 0 fully saturated rings. The highest BCUT2D eigenvalue weighted by molar-refractivity contribution is 7.91. The molecule has 8 heteroatoms. The molecule has 1 N–H and O–H groups in total. The van der Waals surface area contributed by atoms with Crippen LogP contribution >= 0.6 is 11.3 Å². The first-order valence-corrected chi connectivity index (χ1v) is 11.8. The van der Waals surface area contributed by atoms with Crippen LogP contribution in [0.4, 0.5) is 0 Å². The fourth-order valence-electron chi connectivity index (χ4n) is 2.75. The molecule has 0 aliphatic heterocycles. The van der Waals surface area contributed by atoms with Gasteiger partial charge in [-0.15, -0.1) is 11.3 Å². The van der Waals surface area contributed by atoms with Crippen LogP contribution in [0.1, 0.15) is 11.1 Å². The summed E-state index contributed by atoms with van der Waals surface area (Å²) in [6.07, 6.45) is 0.645. The van der Waals surface area contributed by atoms with E-state index in [1.54, 1.807) is 11.4 Å². The minimum atomic E-state index is -3.62. The summed E-state index contributed by atoms with van der Waals surface area (Å²) in [6.45, 7) is 0.723. The number of hydrogen-bond acceptors (Lipinski definition) is 5. The molecular formula is C22H24N2O4S2. The molecule has 1 amide bonds. The van der Waals surface area contributed by atoms with Gasteiger partial charge in [-0.25, -0.2) is 8.42 Å². The lowest BCUT2D eigenvalue weighted by atomic mass is 10.1. The van der Waals surface area contributed by atoms with E-state index in [0.29, 0.717) is 19.6 Å². The maximum Gasteiger partial charge on any atom is 0.252 e. The molecule has 0 aliphatic carbocycles. The lowest BCUT2D eigenvalue weighted by Gasteiger charge is -2.15. The molecular weight excluding hydrogens is 420 g/mol. The topological polar surface area (TPSA) is 75.7 Å². The first-order valence-electron chi connectivity index (χ1n) is 9.47. The molecule has 3 aromatic rings. The Hall–Kier alpha value is -2.68. The Labute approximate surface area is 181 Å². The van der Waals surface area contributed by atoms with E-state index in [1.165, 1.54) is 13.1 Å². The van der Waals surface area contributed by atoms with Crippen LogP contribution in [0, 0.1) is 0 Å². The van der Waals surface area contributed by atoms with Crippen LogP contribution < -0.4 is 10.1 Å². The zero-order valence-electron chi connectivity index (χ0n) is 16.7. The lowest BCUT2D eigenvalue weighted by molar-refractivity contribution is -0.121. The van der Waals surface area contributed by atoms with Crippen molar-refractivity contribution >= 4 is 27.3 Å². The van der Waals surface area contributed by atoms with E-state index in [9.17, 15) is 13.2 Å². The third kappa shape index (κ3) is 6.16. The molecule has 0 atom stereocenters. The molecule has 158 valence electrons. The SMILES string of the molecule is CN(CC(=O)NCCc1ccc(OCc2ccccc2)cc1)S(=O)(=O)c1cccs1. The number of likely N-dealkylation sites (N-methyl/N-ethyl adjacent to an activating group) is 1. The van der Waals surface area contributed by atoms with Gasteiger partial charge in [-0.2, -0.15) is 4.31 Å². The molecule has 0 radical (unpaired) electrons. The van der Waals surface area contributed by atoms with Gasteiger partial charge < -0.3 is 10.1 Å². The summed E-state index contributed by atoms with van der Waals surface area (Å²) in [5.74, 6) is 0.451. The maximum atomic E-state index is 12.3. The van der Waals surface area contributed by atoms with Crippen LogP contribution in [0.2, 0.25) is 0 Å². The summed E-state index contributed by atoms with van der Waals surface area (Å²) < 4.78 is 31.7. The van der Waals surface area contributed by atoms with Crippen molar-refractivity contribution in [2.24, 2.45) is 0 Å². The second kappa shape index (κ2) is 10.4. The Kier molecular flexibility index (Phi) is 7.62. The fourth-order valence-corrected chi connectivity index (χ4v) is 5.07. The second-order valence-corrected chi connectivity index (χ2v) is 9.93. The van der Waals surface area contributed by atoms with Gasteiger partial charge in [0, 0.05) is 13.6 Å². The van der Waals surface area contributed by atoms with Crippen molar-refractivity contribution in [1.82, 2.24) is 9.62 Å². The van der Waals surface area contributed by atoms with Crippen LogP contribution in [0.25, 0.3) is 0 Å². The summed E-state index contributed by atoms with van der Waals surface area (Å²) >= 11 is 1.13. The smallest absolute Gasteiger partial charge is 0.252 e. The average molecular weight is 445 g/mol. The Balaban J connectivity index is 1.41. The molecule has 0 spiro atoms. The summed E-state index contributed by atoms with van der Waals surface area (Å²) in [5.41, 5.74) is 2.16. The first kappa shape index (κ1) is 22.0. The van der Waals surface area contributed by atoms with Crippen LogP contribution in [0.3, 0.4) is 0 Å². The van der Waals surface area contributed by atoms with Crippen molar-refractivity contribution in [3.8, 4) is 5.75 Å². The molecule has 6 nitrogen and oxygen atoms in total. The minimum Gasteiger partial charge on any atom is -0.489 e. The van der Waals surface area contributed by atoms with Crippen molar-refractivity contribution in [1.29, 1.82) is 0 Å². The highest BCUT2D eigenvalue weighted by atomic mass is 32.2. The van der Waals surface area contributed by atoms with Gasteiger partial charge in [-0.05, 0) is 41.1 Å². The number of rotatable bonds is 10. The summed E-state index contributed by atoms with van der Waals surface area (Å²) in [4.78, 5) is 12.1. The molecule has 0 saturated carbocycles. The monoisotopic (exact) mass is 444 g/mol. The van der Waals surface area contributed by atoms with Crippen molar-refractivity contribution < 1.29 is 17.9 Å². The third-order valence-corrected chi connectivity index (χ3v) is 7.61. The highest BCUT2D eigenvalue weighted by Crippen LogP contribution is 2.19. The number of benzene rings is 2. The summed E-state index contributed by atoms with van der Waals surface area (Å²) in [6, 6.07) is 20.9.